The number of benzene rings is 2. The van der Waals surface area contributed by atoms with Gasteiger partial charge in [-0.05, 0) is 93.3 Å². The largest absolute Gasteiger partial charge is 0.278 e. The molecule has 5 rings (SSSR count). The summed E-state index contributed by atoms with van der Waals surface area (Å²) < 4.78 is 29.1. The van der Waals surface area contributed by atoms with Crippen LogP contribution in [0.25, 0.3) is 10.2 Å². The first-order valence-electron chi connectivity index (χ1n) is 12.5. The Kier molecular flexibility index (Phi) is 7.11. The minimum Gasteiger partial charge on any atom is -0.278 e. The summed E-state index contributed by atoms with van der Waals surface area (Å²) in [7, 11) is -3.61. The van der Waals surface area contributed by atoms with Gasteiger partial charge in [-0.1, -0.05) is 23.8 Å². The molecule has 1 aliphatic heterocycles. The summed E-state index contributed by atoms with van der Waals surface area (Å²) in [4.78, 5) is 24.8. The quantitative estimate of drug-likeness (QED) is 0.316. The maximum atomic E-state index is 13.8. The highest BCUT2D eigenvalue weighted by Crippen LogP contribution is 2.33. The number of carbonyl (C=O) groups is 1. The number of amides is 1. The Morgan fingerprint density at radius 3 is 2.54 bits per heavy atom. The molecule has 1 aliphatic rings. The van der Waals surface area contributed by atoms with Gasteiger partial charge >= 0.3 is 0 Å². The first-order valence-corrected chi connectivity index (χ1v) is 14.7. The number of hydrogen-bond acceptors (Lipinski definition) is 6. The van der Waals surface area contributed by atoms with Crippen LogP contribution in [0.4, 0.5) is 5.13 Å². The van der Waals surface area contributed by atoms with Gasteiger partial charge in [0.1, 0.15) is 0 Å². The van der Waals surface area contributed by atoms with Crippen molar-refractivity contribution in [2.45, 2.75) is 57.5 Å². The van der Waals surface area contributed by atoms with Crippen LogP contribution in [0.1, 0.15) is 53.4 Å². The first kappa shape index (κ1) is 25.5. The lowest BCUT2D eigenvalue weighted by molar-refractivity contribution is 0.0984. The second-order valence-corrected chi connectivity index (χ2v) is 12.5. The molecule has 1 unspecified atom stereocenters. The maximum Gasteiger partial charge on any atom is 0.260 e. The summed E-state index contributed by atoms with van der Waals surface area (Å²) >= 11 is 1.46. The van der Waals surface area contributed by atoms with E-state index in [-0.39, 0.29) is 23.4 Å². The maximum absolute atomic E-state index is 13.8. The minimum atomic E-state index is -3.61. The molecule has 0 spiro atoms. The van der Waals surface area contributed by atoms with Crippen molar-refractivity contribution in [3.05, 3.63) is 83.2 Å². The molecule has 1 fully saturated rings. The van der Waals surface area contributed by atoms with Crippen LogP contribution >= 0.6 is 11.3 Å². The van der Waals surface area contributed by atoms with E-state index < -0.39 is 10.0 Å². The average Bonchev–Trinajstić information content (AvgIpc) is 3.30. The lowest BCUT2D eigenvalue weighted by atomic mass is 10.1. The topological polar surface area (TPSA) is 83.5 Å². The molecular weight excluding hydrogens is 504 g/mol. The Bertz CT molecular complexity index is 1490. The van der Waals surface area contributed by atoms with Crippen molar-refractivity contribution in [3.8, 4) is 0 Å². The van der Waals surface area contributed by atoms with Gasteiger partial charge in [0.15, 0.2) is 5.13 Å². The first-order chi connectivity index (χ1) is 17.7. The molecular formula is C28H30N4O3S2. The van der Waals surface area contributed by atoms with E-state index in [4.69, 9.17) is 4.98 Å². The third kappa shape index (κ3) is 5.16. The summed E-state index contributed by atoms with van der Waals surface area (Å²) in [5, 5.41) is 0.578. The summed E-state index contributed by atoms with van der Waals surface area (Å²) in [6.07, 6.45) is 4.46. The molecule has 37 heavy (non-hydrogen) atoms. The molecule has 2 aromatic carbocycles. The highest BCUT2D eigenvalue weighted by atomic mass is 32.2. The summed E-state index contributed by atoms with van der Waals surface area (Å²) in [5.74, 6) is -0.256. The second kappa shape index (κ2) is 10.3. The number of aryl methyl sites for hydroxylation is 2. The smallest absolute Gasteiger partial charge is 0.260 e. The Morgan fingerprint density at radius 2 is 1.84 bits per heavy atom. The van der Waals surface area contributed by atoms with Crippen LogP contribution in [-0.2, 0) is 16.6 Å². The second-order valence-electron chi connectivity index (χ2n) is 9.60. The molecule has 0 saturated carbocycles. The zero-order valence-electron chi connectivity index (χ0n) is 21.2. The number of carbonyl (C=O) groups excluding carboxylic acids is 1. The van der Waals surface area contributed by atoms with E-state index in [9.17, 15) is 13.2 Å². The third-order valence-corrected chi connectivity index (χ3v) is 10.0. The highest BCUT2D eigenvalue weighted by molar-refractivity contribution is 7.89. The Balaban J connectivity index is 1.48. The number of hydrogen-bond donors (Lipinski definition) is 0. The van der Waals surface area contributed by atoms with Crippen molar-refractivity contribution in [2.24, 2.45) is 0 Å². The van der Waals surface area contributed by atoms with Gasteiger partial charge in [0.2, 0.25) is 10.0 Å². The SMILES string of the molecule is Cc1cc2nc(N(Cc3ccccn3)C(=O)c3ccc(S(=O)(=O)N4CCCCC4C)cc3)sc2cc1C. The molecule has 1 atom stereocenters. The summed E-state index contributed by atoms with van der Waals surface area (Å²) in [6.45, 7) is 6.84. The van der Waals surface area contributed by atoms with Gasteiger partial charge in [0.05, 0.1) is 27.4 Å². The van der Waals surface area contributed by atoms with Crippen molar-refractivity contribution in [2.75, 3.05) is 11.4 Å². The third-order valence-electron chi connectivity index (χ3n) is 6.96. The monoisotopic (exact) mass is 534 g/mol. The standard InChI is InChI=1S/C28H30N4O3S2/c1-19-16-25-26(17-20(19)2)36-28(30-25)31(18-23-9-4-6-14-29-23)27(33)22-10-12-24(13-11-22)37(34,35)32-15-7-5-8-21(32)3/h4,6,9-14,16-17,21H,5,7-8,15,18H2,1-3H3. The number of nitrogens with zero attached hydrogens (tertiary/aromatic N) is 4. The minimum absolute atomic E-state index is 0.0276. The zero-order valence-corrected chi connectivity index (χ0v) is 22.8. The molecule has 0 aliphatic carbocycles. The van der Waals surface area contributed by atoms with Gasteiger partial charge < -0.3 is 0 Å². The lowest BCUT2D eigenvalue weighted by Gasteiger charge is -2.32. The van der Waals surface area contributed by atoms with E-state index in [1.54, 1.807) is 27.5 Å². The van der Waals surface area contributed by atoms with Gasteiger partial charge in [-0.2, -0.15) is 4.31 Å². The summed E-state index contributed by atoms with van der Waals surface area (Å²) in [6, 6.07) is 16.0. The Morgan fingerprint density at radius 1 is 1.08 bits per heavy atom. The molecule has 0 bridgehead atoms. The average molecular weight is 535 g/mol. The van der Waals surface area contributed by atoms with Gasteiger partial charge in [-0.3, -0.25) is 14.7 Å². The Labute approximate surface area is 221 Å². The van der Waals surface area contributed by atoms with Crippen molar-refractivity contribution in [3.63, 3.8) is 0 Å². The molecule has 192 valence electrons. The van der Waals surface area contributed by atoms with Crippen LogP contribution in [0.3, 0.4) is 0 Å². The van der Waals surface area contributed by atoms with E-state index >= 15 is 0 Å². The fourth-order valence-electron chi connectivity index (χ4n) is 4.65. The van der Waals surface area contributed by atoms with E-state index in [1.165, 1.54) is 29.0 Å². The normalized spacial score (nSPS) is 16.7. The van der Waals surface area contributed by atoms with Crippen molar-refractivity contribution in [1.29, 1.82) is 0 Å². The van der Waals surface area contributed by atoms with E-state index in [0.29, 0.717) is 17.2 Å². The molecule has 9 heteroatoms. The van der Waals surface area contributed by atoms with Crippen molar-refractivity contribution >= 4 is 42.6 Å². The van der Waals surface area contributed by atoms with E-state index in [2.05, 4.69) is 18.0 Å². The van der Waals surface area contributed by atoms with Crippen molar-refractivity contribution < 1.29 is 13.2 Å². The van der Waals surface area contributed by atoms with Gasteiger partial charge in [0.25, 0.3) is 5.91 Å². The lowest BCUT2D eigenvalue weighted by Crippen LogP contribution is -2.41. The predicted octanol–water partition coefficient (Wildman–Crippen LogP) is 5.72. The van der Waals surface area contributed by atoms with Crippen LogP contribution in [0.5, 0.6) is 0 Å². The Hall–Kier alpha value is -3.14. The molecule has 0 radical (unpaired) electrons. The van der Waals surface area contributed by atoms with Crippen LogP contribution in [0.2, 0.25) is 0 Å². The number of pyridine rings is 1. The number of aromatic nitrogens is 2. The number of rotatable bonds is 6. The number of fused-ring (bicyclic) bond motifs is 1. The fourth-order valence-corrected chi connectivity index (χ4v) is 7.40. The van der Waals surface area contributed by atoms with Crippen LogP contribution in [-0.4, -0.2) is 41.2 Å². The van der Waals surface area contributed by atoms with Crippen LogP contribution in [0.15, 0.2) is 65.7 Å². The molecule has 2 aromatic heterocycles. The molecule has 3 heterocycles. The molecule has 4 aromatic rings. The van der Waals surface area contributed by atoms with E-state index in [0.717, 1.165) is 40.7 Å². The summed E-state index contributed by atoms with van der Waals surface area (Å²) in [5.41, 5.74) is 4.30. The van der Waals surface area contributed by atoms with E-state index in [1.807, 2.05) is 38.1 Å². The van der Waals surface area contributed by atoms with Gasteiger partial charge in [-0.25, -0.2) is 13.4 Å². The number of anilines is 1. The molecule has 7 nitrogen and oxygen atoms in total. The number of piperidine rings is 1. The van der Waals surface area contributed by atoms with Gasteiger partial charge in [0, 0.05) is 24.3 Å². The van der Waals surface area contributed by atoms with Crippen molar-refractivity contribution in [1.82, 2.24) is 14.3 Å². The molecule has 0 N–H and O–H groups in total. The number of sulfonamides is 1. The predicted molar refractivity (Wildman–Crippen MR) is 147 cm³/mol. The zero-order chi connectivity index (χ0) is 26.2. The fraction of sp³-hybridized carbons (Fsp3) is 0.321. The van der Waals surface area contributed by atoms with Crippen LogP contribution in [0, 0.1) is 13.8 Å². The van der Waals surface area contributed by atoms with Crippen LogP contribution < -0.4 is 4.90 Å². The van der Waals surface area contributed by atoms with Gasteiger partial charge in [-0.15, -0.1) is 0 Å². The number of thiazole rings is 1. The highest BCUT2D eigenvalue weighted by Gasteiger charge is 2.31. The molecule has 1 saturated heterocycles. The molecule has 1 amide bonds.